The molecule has 0 fully saturated rings. The molecular formula is C10H11NO2. The van der Waals surface area contributed by atoms with Crippen LogP contribution in [0.25, 0.3) is 0 Å². The minimum absolute atomic E-state index is 0.387. The Labute approximate surface area is 77.5 Å². The molecule has 13 heavy (non-hydrogen) atoms. The van der Waals surface area contributed by atoms with Crippen molar-refractivity contribution in [3.63, 3.8) is 0 Å². The minimum Gasteiger partial charge on any atom is -0.493 e. The molecule has 1 aromatic carbocycles. The number of para-hydroxylation sites is 2. The first-order chi connectivity index (χ1) is 6.38. The number of methoxy groups -OCH3 is 1. The van der Waals surface area contributed by atoms with Gasteiger partial charge in [-0.25, -0.2) is 0 Å². The largest absolute Gasteiger partial charge is 0.493 e. The van der Waals surface area contributed by atoms with E-state index in [9.17, 15) is 0 Å². The van der Waals surface area contributed by atoms with Crippen LogP contribution in [0.5, 0.6) is 11.5 Å². The molecule has 0 heterocycles. The molecular weight excluding hydrogens is 166 g/mol. The highest BCUT2D eigenvalue weighted by atomic mass is 16.5. The number of ether oxygens (including phenoxy) is 2. The summed E-state index contributed by atoms with van der Waals surface area (Å²) in [6, 6.07) is 9.38. The fraction of sp³-hybridized carbons (Fsp3) is 0.300. The predicted octanol–water partition coefficient (Wildman–Crippen LogP) is 1.99. The Morgan fingerprint density at radius 1 is 1.31 bits per heavy atom. The second kappa shape index (κ2) is 5.04. The van der Waals surface area contributed by atoms with Crippen LogP contribution >= 0.6 is 0 Å². The number of hydrogen-bond acceptors (Lipinski definition) is 3. The molecule has 3 nitrogen and oxygen atoms in total. The van der Waals surface area contributed by atoms with Gasteiger partial charge in [0.25, 0.3) is 0 Å². The summed E-state index contributed by atoms with van der Waals surface area (Å²) < 4.78 is 10.4. The van der Waals surface area contributed by atoms with Gasteiger partial charge < -0.3 is 9.47 Å². The van der Waals surface area contributed by atoms with Crippen LogP contribution in [0.1, 0.15) is 6.42 Å². The van der Waals surface area contributed by atoms with Gasteiger partial charge in [0, 0.05) is 0 Å². The molecule has 0 aliphatic carbocycles. The molecule has 0 radical (unpaired) electrons. The van der Waals surface area contributed by atoms with Crippen LogP contribution < -0.4 is 9.47 Å². The van der Waals surface area contributed by atoms with Crippen molar-refractivity contribution in [2.45, 2.75) is 6.42 Å². The molecule has 0 saturated carbocycles. The molecule has 0 N–H and O–H groups in total. The minimum atomic E-state index is 0.387. The summed E-state index contributed by atoms with van der Waals surface area (Å²) in [6.07, 6.45) is 0.387. The third-order valence-electron chi connectivity index (χ3n) is 1.54. The second-order valence-electron chi connectivity index (χ2n) is 2.41. The van der Waals surface area contributed by atoms with Crippen molar-refractivity contribution in [1.29, 1.82) is 5.26 Å². The van der Waals surface area contributed by atoms with E-state index < -0.39 is 0 Å². The standard InChI is InChI=1S/C10H11NO2/c1-12-9-5-2-3-6-10(9)13-8-4-7-11/h2-3,5-6H,4,8H2,1H3. The fourth-order valence-electron chi connectivity index (χ4n) is 0.945. The summed E-state index contributed by atoms with van der Waals surface area (Å²) >= 11 is 0. The number of benzene rings is 1. The first-order valence-electron chi connectivity index (χ1n) is 4.01. The highest BCUT2D eigenvalue weighted by molar-refractivity contribution is 5.39. The van der Waals surface area contributed by atoms with Crippen molar-refractivity contribution in [2.75, 3.05) is 13.7 Å². The molecule has 68 valence electrons. The molecule has 0 atom stereocenters. The van der Waals surface area contributed by atoms with Crippen LogP contribution in [-0.4, -0.2) is 13.7 Å². The van der Waals surface area contributed by atoms with Gasteiger partial charge >= 0.3 is 0 Å². The van der Waals surface area contributed by atoms with E-state index in [1.807, 2.05) is 30.3 Å². The van der Waals surface area contributed by atoms with Crippen molar-refractivity contribution in [1.82, 2.24) is 0 Å². The SMILES string of the molecule is COc1ccccc1OCCC#N. The van der Waals surface area contributed by atoms with E-state index in [4.69, 9.17) is 14.7 Å². The average Bonchev–Trinajstić information content (AvgIpc) is 2.19. The fourth-order valence-corrected chi connectivity index (χ4v) is 0.945. The monoisotopic (exact) mass is 177 g/mol. The molecule has 0 unspecified atom stereocenters. The Morgan fingerprint density at radius 2 is 2.00 bits per heavy atom. The van der Waals surface area contributed by atoms with Gasteiger partial charge in [-0.2, -0.15) is 5.26 Å². The van der Waals surface area contributed by atoms with E-state index >= 15 is 0 Å². The molecule has 3 heteroatoms. The van der Waals surface area contributed by atoms with Gasteiger partial charge in [-0.1, -0.05) is 12.1 Å². The van der Waals surface area contributed by atoms with Crippen LogP contribution in [0.2, 0.25) is 0 Å². The number of rotatable bonds is 4. The maximum Gasteiger partial charge on any atom is 0.161 e. The van der Waals surface area contributed by atoms with E-state index in [0.717, 1.165) is 0 Å². The first kappa shape index (κ1) is 9.40. The third kappa shape index (κ3) is 2.68. The van der Waals surface area contributed by atoms with E-state index in [2.05, 4.69) is 0 Å². The zero-order valence-electron chi connectivity index (χ0n) is 7.49. The van der Waals surface area contributed by atoms with Crippen molar-refractivity contribution in [3.05, 3.63) is 24.3 Å². The van der Waals surface area contributed by atoms with Crippen molar-refractivity contribution in [3.8, 4) is 17.6 Å². The van der Waals surface area contributed by atoms with Crippen LogP contribution in [0.3, 0.4) is 0 Å². The Balaban J connectivity index is 2.60. The molecule has 0 bridgehead atoms. The third-order valence-corrected chi connectivity index (χ3v) is 1.54. The maximum absolute atomic E-state index is 8.31. The molecule has 0 aliphatic heterocycles. The van der Waals surface area contributed by atoms with Crippen LogP contribution in [0.15, 0.2) is 24.3 Å². The van der Waals surface area contributed by atoms with Gasteiger partial charge in [0.15, 0.2) is 11.5 Å². The molecule has 0 spiro atoms. The molecule has 1 rings (SSSR count). The van der Waals surface area contributed by atoms with Gasteiger partial charge in [0.2, 0.25) is 0 Å². The highest BCUT2D eigenvalue weighted by Gasteiger charge is 2.00. The highest BCUT2D eigenvalue weighted by Crippen LogP contribution is 2.25. The van der Waals surface area contributed by atoms with Gasteiger partial charge in [0.1, 0.15) is 6.61 Å². The lowest BCUT2D eigenvalue weighted by Crippen LogP contribution is -1.97. The molecule has 0 aliphatic rings. The number of nitrogens with zero attached hydrogens (tertiary/aromatic N) is 1. The smallest absolute Gasteiger partial charge is 0.161 e. The van der Waals surface area contributed by atoms with Crippen LogP contribution in [0, 0.1) is 11.3 Å². The molecule has 0 saturated heterocycles. The summed E-state index contributed by atoms with van der Waals surface area (Å²) in [5.74, 6) is 1.38. The van der Waals surface area contributed by atoms with E-state index in [-0.39, 0.29) is 0 Å². The molecule has 0 aromatic heterocycles. The van der Waals surface area contributed by atoms with Gasteiger partial charge in [-0.3, -0.25) is 0 Å². The average molecular weight is 177 g/mol. The summed E-state index contributed by atoms with van der Waals surface area (Å²) in [6.45, 7) is 0.400. The quantitative estimate of drug-likeness (QED) is 0.660. The van der Waals surface area contributed by atoms with Crippen molar-refractivity contribution in [2.24, 2.45) is 0 Å². The summed E-state index contributed by atoms with van der Waals surface area (Å²) in [4.78, 5) is 0. The van der Waals surface area contributed by atoms with Crippen LogP contribution in [0.4, 0.5) is 0 Å². The predicted molar refractivity (Wildman–Crippen MR) is 48.7 cm³/mol. The molecule has 0 amide bonds. The second-order valence-corrected chi connectivity index (χ2v) is 2.41. The zero-order chi connectivity index (χ0) is 9.52. The summed E-state index contributed by atoms with van der Waals surface area (Å²) in [5, 5.41) is 8.31. The number of nitriles is 1. The normalized spacial score (nSPS) is 8.92. The van der Waals surface area contributed by atoms with Crippen molar-refractivity contribution < 1.29 is 9.47 Å². The van der Waals surface area contributed by atoms with Crippen LogP contribution in [-0.2, 0) is 0 Å². The Hall–Kier alpha value is -1.69. The lowest BCUT2D eigenvalue weighted by atomic mass is 10.3. The Kier molecular flexibility index (Phi) is 3.65. The lowest BCUT2D eigenvalue weighted by Gasteiger charge is -2.08. The van der Waals surface area contributed by atoms with E-state index in [1.54, 1.807) is 7.11 Å². The van der Waals surface area contributed by atoms with Crippen molar-refractivity contribution >= 4 is 0 Å². The van der Waals surface area contributed by atoms with E-state index in [0.29, 0.717) is 24.5 Å². The van der Waals surface area contributed by atoms with Gasteiger partial charge in [-0.05, 0) is 12.1 Å². The molecule has 1 aromatic rings. The Morgan fingerprint density at radius 3 is 2.62 bits per heavy atom. The Bertz CT molecular complexity index is 304. The maximum atomic E-state index is 8.31. The summed E-state index contributed by atoms with van der Waals surface area (Å²) in [7, 11) is 1.59. The topological polar surface area (TPSA) is 42.2 Å². The van der Waals surface area contributed by atoms with Gasteiger partial charge in [-0.15, -0.1) is 0 Å². The first-order valence-corrected chi connectivity index (χ1v) is 4.01. The van der Waals surface area contributed by atoms with E-state index in [1.165, 1.54) is 0 Å². The zero-order valence-corrected chi connectivity index (χ0v) is 7.49. The summed E-state index contributed by atoms with van der Waals surface area (Å²) in [5.41, 5.74) is 0. The number of hydrogen-bond donors (Lipinski definition) is 0. The lowest BCUT2D eigenvalue weighted by molar-refractivity contribution is 0.301. The van der Waals surface area contributed by atoms with Gasteiger partial charge in [0.05, 0.1) is 19.6 Å².